The quantitative estimate of drug-likeness (QED) is 0.638. The Morgan fingerprint density at radius 2 is 2.08 bits per heavy atom. The van der Waals surface area contributed by atoms with Crippen LogP contribution in [0.2, 0.25) is 0 Å². The highest BCUT2D eigenvalue weighted by atomic mass is 15.3. The van der Waals surface area contributed by atoms with Gasteiger partial charge >= 0.3 is 0 Å². The van der Waals surface area contributed by atoms with E-state index in [1.807, 2.05) is 0 Å². The van der Waals surface area contributed by atoms with Gasteiger partial charge in [-0.25, -0.2) is 0 Å². The molecule has 1 heterocycles. The molecule has 0 saturated carbocycles. The molecule has 0 amide bonds. The summed E-state index contributed by atoms with van der Waals surface area (Å²) in [5.74, 6) is 0. The Labute approximate surface area is 80.4 Å². The zero-order valence-corrected chi connectivity index (χ0v) is 8.40. The van der Waals surface area contributed by atoms with Gasteiger partial charge in [0.2, 0.25) is 0 Å². The topological polar surface area (TPSA) is 3.01 Å². The lowest BCUT2D eigenvalue weighted by Gasteiger charge is -2.10. The molecule has 13 heavy (non-hydrogen) atoms. The number of nitrogens with zero attached hydrogens (tertiary/aromatic N) is 1. The number of hydrogen-bond acceptors (Lipinski definition) is 1. The summed E-state index contributed by atoms with van der Waals surface area (Å²) < 4.78 is 0. The first-order valence-electron chi connectivity index (χ1n) is 5.13. The van der Waals surface area contributed by atoms with Crippen LogP contribution in [-0.2, 0) is 0 Å². The Bertz CT molecular complexity index is 268. The van der Waals surface area contributed by atoms with Crippen LogP contribution < -0.4 is 0 Å². The van der Waals surface area contributed by atoms with Gasteiger partial charge < -0.3 is 0 Å². The summed E-state index contributed by atoms with van der Waals surface area (Å²) in [4.78, 5) is 2.55. The molecule has 3 atom stereocenters. The average molecular weight is 175 g/mol. The maximum absolute atomic E-state index is 2.55. The monoisotopic (exact) mass is 175 g/mol. The fourth-order valence-electron chi connectivity index (χ4n) is 1.85. The van der Waals surface area contributed by atoms with Crippen molar-refractivity contribution in [2.75, 3.05) is 6.54 Å². The number of hydrogen-bond donors (Lipinski definition) is 0. The van der Waals surface area contributed by atoms with Crippen LogP contribution in [0.4, 0.5) is 0 Å². The molecular formula is C12H17N. The van der Waals surface area contributed by atoms with Crippen molar-refractivity contribution in [1.82, 2.24) is 4.90 Å². The molecule has 1 aromatic carbocycles. The van der Waals surface area contributed by atoms with Crippen molar-refractivity contribution in [3.8, 4) is 0 Å². The van der Waals surface area contributed by atoms with Crippen LogP contribution in [-0.4, -0.2) is 17.5 Å². The van der Waals surface area contributed by atoms with Gasteiger partial charge in [0, 0.05) is 18.6 Å². The van der Waals surface area contributed by atoms with Crippen molar-refractivity contribution < 1.29 is 0 Å². The van der Waals surface area contributed by atoms with Gasteiger partial charge in [-0.2, -0.15) is 0 Å². The maximum atomic E-state index is 2.55. The van der Waals surface area contributed by atoms with Gasteiger partial charge in [0.1, 0.15) is 0 Å². The molecule has 0 N–H and O–H groups in total. The molecule has 1 aromatic rings. The molecule has 70 valence electrons. The highest BCUT2D eigenvalue weighted by molar-refractivity contribution is 5.24. The van der Waals surface area contributed by atoms with E-state index in [9.17, 15) is 0 Å². The van der Waals surface area contributed by atoms with E-state index < -0.39 is 0 Å². The van der Waals surface area contributed by atoms with Gasteiger partial charge in [-0.05, 0) is 18.9 Å². The minimum atomic E-state index is 0.705. The maximum Gasteiger partial charge on any atom is 0.0479 e. The molecule has 1 fully saturated rings. The van der Waals surface area contributed by atoms with E-state index in [0.717, 1.165) is 6.04 Å². The molecule has 0 spiro atoms. The minimum absolute atomic E-state index is 0.705. The van der Waals surface area contributed by atoms with Crippen molar-refractivity contribution in [2.45, 2.75) is 32.4 Å². The first kappa shape index (κ1) is 8.76. The Morgan fingerprint density at radius 1 is 1.38 bits per heavy atom. The third kappa shape index (κ3) is 1.75. The van der Waals surface area contributed by atoms with E-state index in [4.69, 9.17) is 0 Å². The van der Waals surface area contributed by atoms with Crippen LogP contribution in [0.15, 0.2) is 30.3 Å². The first-order valence-corrected chi connectivity index (χ1v) is 5.13. The molecule has 1 heteroatoms. The Hall–Kier alpha value is -0.820. The molecule has 1 aliphatic heterocycles. The lowest BCUT2D eigenvalue weighted by atomic mass is 10.1. The van der Waals surface area contributed by atoms with Crippen LogP contribution in [0.25, 0.3) is 0 Å². The van der Waals surface area contributed by atoms with E-state index in [0.29, 0.717) is 6.04 Å². The lowest BCUT2D eigenvalue weighted by Crippen LogP contribution is -2.12. The van der Waals surface area contributed by atoms with Gasteiger partial charge in [-0.3, -0.25) is 4.90 Å². The molecule has 0 bridgehead atoms. The SMILES string of the molecule is CCC(C)N1CC1c1ccccc1. The van der Waals surface area contributed by atoms with Crippen molar-refractivity contribution >= 4 is 0 Å². The van der Waals surface area contributed by atoms with E-state index in [-0.39, 0.29) is 0 Å². The third-order valence-corrected chi connectivity index (χ3v) is 2.99. The Balaban J connectivity index is 2.00. The predicted molar refractivity (Wildman–Crippen MR) is 55.6 cm³/mol. The van der Waals surface area contributed by atoms with Gasteiger partial charge in [-0.1, -0.05) is 37.3 Å². The van der Waals surface area contributed by atoms with Crippen LogP contribution >= 0.6 is 0 Å². The smallest absolute Gasteiger partial charge is 0.0479 e. The molecule has 0 radical (unpaired) electrons. The summed E-state index contributed by atoms with van der Waals surface area (Å²) in [5.41, 5.74) is 1.47. The first-order chi connectivity index (χ1) is 6.33. The second-order valence-corrected chi connectivity index (χ2v) is 3.88. The zero-order chi connectivity index (χ0) is 9.26. The summed E-state index contributed by atoms with van der Waals surface area (Å²) in [6.45, 7) is 5.81. The van der Waals surface area contributed by atoms with E-state index >= 15 is 0 Å². The highest BCUT2D eigenvalue weighted by Gasteiger charge is 2.37. The van der Waals surface area contributed by atoms with E-state index in [2.05, 4.69) is 49.1 Å². The van der Waals surface area contributed by atoms with Gasteiger partial charge in [0.15, 0.2) is 0 Å². The molecule has 2 rings (SSSR count). The molecule has 3 unspecified atom stereocenters. The molecule has 1 saturated heterocycles. The van der Waals surface area contributed by atoms with Crippen molar-refractivity contribution in [3.63, 3.8) is 0 Å². The molecular weight excluding hydrogens is 158 g/mol. The second kappa shape index (κ2) is 3.51. The minimum Gasteiger partial charge on any atom is -0.290 e. The molecule has 0 aromatic heterocycles. The van der Waals surface area contributed by atoms with E-state index in [1.165, 1.54) is 18.5 Å². The summed E-state index contributed by atoms with van der Waals surface area (Å²) in [6, 6.07) is 12.2. The summed E-state index contributed by atoms with van der Waals surface area (Å²) >= 11 is 0. The summed E-state index contributed by atoms with van der Waals surface area (Å²) in [6.07, 6.45) is 1.25. The van der Waals surface area contributed by atoms with Gasteiger partial charge in [0.25, 0.3) is 0 Å². The summed E-state index contributed by atoms with van der Waals surface area (Å²) in [7, 11) is 0. The third-order valence-electron chi connectivity index (χ3n) is 2.99. The molecule has 1 aliphatic rings. The zero-order valence-electron chi connectivity index (χ0n) is 8.40. The van der Waals surface area contributed by atoms with E-state index in [1.54, 1.807) is 0 Å². The van der Waals surface area contributed by atoms with Crippen molar-refractivity contribution in [1.29, 1.82) is 0 Å². The number of benzene rings is 1. The number of rotatable bonds is 3. The van der Waals surface area contributed by atoms with Gasteiger partial charge in [-0.15, -0.1) is 0 Å². The van der Waals surface area contributed by atoms with Crippen LogP contribution in [0.3, 0.4) is 0 Å². The largest absolute Gasteiger partial charge is 0.290 e. The Kier molecular flexibility index (Phi) is 2.36. The normalized spacial score (nSPS) is 28.5. The fourth-order valence-corrected chi connectivity index (χ4v) is 1.85. The highest BCUT2D eigenvalue weighted by Crippen LogP contribution is 2.37. The summed E-state index contributed by atoms with van der Waals surface area (Å²) in [5, 5.41) is 0. The second-order valence-electron chi connectivity index (χ2n) is 3.88. The standard InChI is InChI=1S/C12H17N/c1-3-10(2)13-9-12(13)11-7-5-4-6-8-11/h4-8,10,12H,3,9H2,1-2H3. The lowest BCUT2D eigenvalue weighted by molar-refractivity contribution is 0.387. The van der Waals surface area contributed by atoms with Crippen LogP contribution in [0, 0.1) is 0 Å². The Morgan fingerprint density at radius 3 is 2.69 bits per heavy atom. The predicted octanol–water partition coefficient (Wildman–Crippen LogP) is 2.84. The van der Waals surface area contributed by atoms with Crippen molar-refractivity contribution in [3.05, 3.63) is 35.9 Å². The fraction of sp³-hybridized carbons (Fsp3) is 0.500. The van der Waals surface area contributed by atoms with Crippen LogP contribution in [0.1, 0.15) is 31.9 Å². The van der Waals surface area contributed by atoms with Crippen molar-refractivity contribution in [2.24, 2.45) is 0 Å². The van der Waals surface area contributed by atoms with Gasteiger partial charge in [0.05, 0.1) is 0 Å². The molecule has 0 aliphatic carbocycles. The average Bonchev–Trinajstić information content (AvgIpc) is 2.98. The molecule has 1 nitrogen and oxygen atoms in total. The van der Waals surface area contributed by atoms with Crippen LogP contribution in [0.5, 0.6) is 0 Å².